The van der Waals surface area contributed by atoms with Crippen molar-refractivity contribution < 1.29 is 4.79 Å². The van der Waals surface area contributed by atoms with Crippen molar-refractivity contribution in [1.29, 1.82) is 5.26 Å². The lowest BCUT2D eigenvalue weighted by atomic mass is 9.93. The molecule has 0 radical (unpaired) electrons. The van der Waals surface area contributed by atoms with Crippen LogP contribution in [0.4, 0.5) is 5.69 Å². The third-order valence-corrected chi connectivity index (χ3v) is 3.99. The number of nitrogens with two attached hydrogens (primary N) is 1. The lowest BCUT2D eigenvalue weighted by molar-refractivity contribution is -0.134. The van der Waals surface area contributed by atoms with Gasteiger partial charge in [0, 0.05) is 18.8 Å². The molecule has 4 nitrogen and oxygen atoms in total. The Balaban J connectivity index is 2.19. The third-order valence-electron chi connectivity index (χ3n) is 3.99. The summed E-state index contributed by atoms with van der Waals surface area (Å²) in [6, 6.07) is 9.75. The first-order valence-electron chi connectivity index (χ1n) is 7.52. The van der Waals surface area contributed by atoms with E-state index in [0.717, 1.165) is 18.4 Å². The fraction of sp³-hybridized carbons (Fsp3) is 0.529. The van der Waals surface area contributed by atoms with Crippen LogP contribution in [0.2, 0.25) is 0 Å². The molecule has 0 spiro atoms. The average molecular weight is 285 g/mol. The molecule has 1 aromatic carbocycles. The Hall–Kier alpha value is -2.02. The number of carbonyl (C=O) groups excluding carboxylic acids is 1. The maximum absolute atomic E-state index is 12.9. The first kappa shape index (κ1) is 15.4. The molecule has 2 N–H and O–H groups in total. The van der Waals surface area contributed by atoms with Gasteiger partial charge in [0.25, 0.3) is 0 Å². The molecule has 2 rings (SSSR count). The smallest absolute Gasteiger partial charge is 0.233 e. The topological polar surface area (TPSA) is 70.1 Å². The van der Waals surface area contributed by atoms with Crippen molar-refractivity contribution in [3.63, 3.8) is 0 Å². The van der Waals surface area contributed by atoms with Gasteiger partial charge in [-0.3, -0.25) is 4.79 Å². The van der Waals surface area contributed by atoms with E-state index in [1.807, 2.05) is 29.2 Å². The fourth-order valence-corrected chi connectivity index (χ4v) is 2.76. The molecule has 1 aliphatic carbocycles. The molecular weight excluding hydrogens is 262 g/mol. The van der Waals surface area contributed by atoms with Gasteiger partial charge in [0.1, 0.15) is 0 Å². The number of rotatable bonds is 6. The Morgan fingerprint density at radius 3 is 2.48 bits per heavy atom. The van der Waals surface area contributed by atoms with Crippen molar-refractivity contribution in [2.45, 2.75) is 38.5 Å². The quantitative estimate of drug-likeness (QED) is 0.817. The normalized spacial score (nSPS) is 15.5. The van der Waals surface area contributed by atoms with Crippen molar-refractivity contribution in [2.75, 3.05) is 18.8 Å². The highest BCUT2D eigenvalue weighted by atomic mass is 16.2. The van der Waals surface area contributed by atoms with Gasteiger partial charge in [-0.2, -0.15) is 5.26 Å². The molecule has 1 amide bonds. The van der Waals surface area contributed by atoms with E-state index in [1.165, 1.54) is 0 Å². The second-order valence-corrected chi connectivity index (χ2v) is 6.26. The van der Waals surface area contributed by atoms with Crippen LogP contribution in [0.15, 0.2) is 24.3 Å². The van der Waals surface area contributed by atoms with Crippen LogP contribution in [-0.2, 0) is 10.2 Å². The standard InChI is InChI=1S/C17H23N3O/c1-13(2)12-20(11-3-10-18)16(21)17(8-9-17)14-4-6-15(19)7-5-14/h4-7,13H,3,8-9,11-12,19H2,1-2H3. The molecule has 0 saturated heterocycles. The molecule has 0 aromatic heterocycles. The summed E-state index contributed by atoms with van der Waals surface area (Å²) in [5.74, 6) is 0.561. The van der Waals surface area contributed by atoms with Crippen LogP contribution in [0.25, 0.3) is 0 Å². The van der Waals surface area contributed by atoms with Gasteiger partial charge in [-0.25, -0.2) is 0 Å². The highest BCUT2D eigenvalue weighted by Crippen LogP contribution is 2.49. The molecule has 4 heteroatoms. The van der Waals surface area contributed by atoms with Crippen molar-refractivity contribution in [3.8, 4) is 6.07 Å². The summed E-state index contributed by atoms with van der Waals surface area (Å²) in [7, 11) is 0. The van der Waals surface area contributed by atoms with Gasteiger partial charge in [0.05, 0.1) is 17.9 Å². The number of nitrogen functional groups attached to an aromatic ring is 1. The van der Waals surface area contributed by atoms with Gasteiger partial charge in [-0.15, -0.1) is 0 Å². The SMILES string of the molecule is CC(C)CN(CCC#N)C(=O)C1(c2ccc(N)cc2)CC1. The Kier molecular flexibility index (Phi) is 4.52. The van der Waals surface area contributed by atoms with Gasteiger partial charge in [-0.1, -0.05) is 26.0 Å². The minimum Gasteiger partial charge on any atom is -0.399 e. The Labute approximate surface area is 126 Å². The Bertz CT molecular complexity index is 538. The van der Waals surface area contributed by atoms with E-state index in [4.69, 9.17) is 11.0 Å². The zero-order chi connectivity index (χ0) is 15.5. The van der Waals surface area contributed by atoms with Crippen molar-refractivity contribution in [3.05, 3.63) is 29.8 Å². The summed E-state index contributed by atoms with van der Waals surface area (Å²) in [4.78, 5) is 14.8. The lowest BCUT2D eigenvalue weighted by Gasteiger charge is -2.28. The Morgan fingerprint density at radius 1 is 1.38 bits per heavy atom. The second-order valence-electron chi connectivity index (χ2n) is 6.26. The molecule has 0 bridgehead atoms. The molecule has 21 heavy (non-hydrogen) atoms. The minimum absolute atomic E-state index is 0.163. The molecule has 0 aliphatic heterocycles. The van der Waals surface area contributed by atoms with E-state index in [0.29, 0.717) is 31.1 Å². The van der Waals surface area contributed by atoms with Gasteiger partial charge >= 0.3 is 0 Å². The molecule has 112 valence electrons. The van der Waals surface area contributed by atoms with Crippen LogP contribution in [0, 0.1) is 17.2 Å². The number of nitrogens with zero attached hydrogens (tertiary/aromatic N) is 2. The van der Waals surface area contributed by atoms with Crippen molar-refractivity contribution in [1.82, 2.24) is 4.90 Å². The van der Waals surface area contributed by atoms with Crippen LogP contribution in [0.1, 0.15) is 38.7 Å². The zero-order valence-electron chi connectivity index (χ0n) is 12.8. The molecule has 0 unspecified atom stereocenters. The van der Waals surface area contributed by atoms with Crippen LogP contribution < -0.4 is 5.73 Å². The number of amides is 1. The molecule has 0 atom stereocenters. The Morgan fingerprint density at radius 2 is 2.00 bits per heavy atom. The lowest BCUT2D eigenvalue weighted by Crippen LogP contribution is -2.41. The molecule has 1 fully saturated rings. The number of benzene rings is 1. The van der Waals surface area contributed by atoms with Crippen LogP contribution in [0.3, 0.4) is 0 Å². The first-order chi connectivity index (χ1) is 9.99. The van der Waals surface area contributed by atoms with Gasteiger partial charge in [0.15, 0.2) is 0 Å². The van der Waals surface area contributed by atoms with E-state index >= 15 is 0 Å². The summed E-state index contributed by atoms with van der Waals surface area (Å²) in [6.07, 6.45) is 2.16. The van der Waals surface area contributed by atoms with Gasteiger partial charge < -0.3 is 10.6 Å². The predicted molar refractivity (Wildman–Crippen MR) is 83.4 cm³/mol. The highest BCUT2D eigenvalue weighted by Gasteiger charge is 2.52. The largest absolute Gasteiger partial charge is 0.399 e. The second kappa shape index (κ2) is 6.17. The number of hydrogen-bond acceptors (Lipinski definition) is 3. The summed E-state index contributed by atoms with van der Waals surface area (Å²) >= 11 is 0. The highest BCUT2D eigenvalue weighted by molar-refractivity contribution is 5.91. The van der Waals surface area contributed by atoms with E-state index in [-0.39, 0.29) is 11.3 Å². The molecule has 1 aliphatic rings. The van der Waals surface area contributed by atoms with E-state index in [1.54, 1.807) is 0 Å². The maximum Gasteiger partial charge on any atom is 0.233 e. The van der Waals surface area contributed by atoms with E-state index < -0.39 is 0 Å². The van der Waals surface area contributed by atoms with Crippen LogP contribution in [0.5, 0.6) is 0 Å². The molecule has 1 saturated carbocycles. The maximum atomic E-state index is 12.9. The van der Waals surface area contributed by atoms with Crippen LogP contribution >= 0.6 is 0 Å². The molecular formula is C17H23N3O. The van der Waals surface area contributed by atoms with Crippen LogP contribution in [-0.4, -0.2) is 23.9 Å². The van der Waals surface area contributed by atoms with Crippen molar-refractivity contribution in [2.24, 2.45) is 5.92 Å². The number of carbonyl (C=O) groups is 1. The average Bonchev–Trinajstić information content (AvgIpc) is 3.24. The summed E-state index contributed by atoms with van der Waals surface area (Å²) in [6.45, 7) is 5.41. The fourth-order valence-electron chi connectivity index (χ4n) is 2.76. The number of nitriles is 1. The van der Waals surface area contributed by atoms with Crippen molar-refractivity contribution >= 4 is 11.6 Å². The minimum atomic E-state index is -0.377. The zero-order valence-corrected chi connectivity index (χ0v) is 12.8. The number of hydrogen-bond donors (Lipinski definition) is 1. The molecule has 1 aromatic rings. The van der Waals surface area contributed by atoms with E-state index in [9.17, 15) is 4.79 Å². The van der Waals surface area contributed by atoms with Gasteiger partial charge in [-0.05, 0) is 36.5 Å². The van der Waals surface area contributed by atoms with Gasteiger partial charge in [0.2, 0.25) is 5.91 Å². The first-order valence-corrected chi connectivity index (χ1v) is 7.52. The molecule has 0 heterocycles. The predicted octanol–water partition coefficient (Wildman–Crippen LogP) is 2.70. The third kappa shape index (κ3) is 3.36. The number of anilines is 1. The van der Waals surface area contributed by atoms with E-state index in [2.05, 4.69) is 19.9 Å². The monoisotopic (exact) mass is 285 g/mol. The summed E-state index contributed by atoms with van der Waals surface area (Å²) < 4.78 is 0. The summed E-state index contributed by atoms with van der Waals surface area (Å²) in [5, 5.41) is 8.80. The summed E-state index contributed by atoms with van der Waals surface area (Å²) in [5.41, 5.74) is 7.11.